The summed E-state index contributed by atoms with van der Waals surface area (Å²) in [5.41, 5.74) is 6.50. The zero-order chi connectivity index (χ0) is 13.9. The third-order valence-corrected chi connectivity index (χ3v) is 3.77. The van der Waals surface area contributed by atoms with Crippen LogP contribution in [0.25, 0.3) is 0 Å². The lowest BCUT2D eigenvalue weighted by Gasteiger charge is -2.24. The summed E-state index contributed by atoms with van der Waals surface area (Å²) in [4.78, 5) is 6.75. The van der Waals surface area contributed by atoms with E-state index in [1.54, 1.807) is 6.07 Å². The Labute approximate surface area is 114 Å². The van der Waals surface area contributed by atoms with Crippen LogP contribution in [0.5, 0.6) is 0 Å². The van der Waals surface area contributed by atoms with Gasteiger partial charge in [0.25, 0.3) is 0 Å². The van der Waals surface area contributed by atoms with Crippen molar-refractivity contribution in [3.63, 3.8) is 0 Å². The van der Waals surface area contributed by atoms with Gasteiger partial charge in [-0.05, 0) is 36.8 Å². The molecule has 1 aliphatic rings. The molecule has 0 aromatic carbocycles. The summed E-state index contributed by atoms with van der Waals surface area (Å²) in [7, 11) is 0. The Kier molecular flexibility index (Phi) is 3.93. The Morgan fingerprint density at radius 1 is 1.37 bits per heavy atom. The van der Waals surface area contributed by atoms with Crippen molar-refractivity contribution in [3.05, 3.63) is 23.9 Å². The molecule has 0 unspecified atom stereocenters. The molecule has 0 bridgehead atoms. The second-order valence-corrected chi connectivity index (χ2v) is 5.87. The summed E-state index contributed by atoms with van der Waals surface area (Å²) in [5, 5.41) is 11.7. The van der Waals surface area contributed by atoms with E-state index < -0.39 is 0 Å². The standard InChI is InChI=1S/C14H22N4O/c1-14(2)7-4-9-18(10-8-14)12-6-3-5-11(16-12)13(15)17-19/h3,5-6,19H,4,7-10H2,1-2H3,(H2,15,17). The fourth-order valence-corrected chi connectivity index (χ4v) is 2.45. The molecule has 0 radical (unpaired) electrons. The molecule has 1 aromatic rings. The van der Waals surface area contributed by atoms with Crippen molar-refractivity contribution in [3.8, 4) is 0 Å². The van der Waals surface area contributed by atoms with Crippen LogP contribution in [0.1, 0.15) is 38.8 Å². The Morgan fingerprint density at radius 2 is 2.16 bits per heavy atom. The van der Waals surface area contributed by atoms with Crippen molar-refractivity contribution in [2.45, 2.75) is 33.1 Å². The summed E-state index contributed by atoms with van der Waals surface area (Å²) in [6.45, 7) is 6.64. The third kappa shape index (κ3) is 3.36. The Hall–Kier alpha value is -1.78. The molecule has 0 spiro atoms. The second-order valence-electron chi connectivity index (χ2n) is 5.87. The number of anilines is 1. The van der Waals surface area contributed by atoms with Gasteiger partial charge in [-0.1, -0.05) is 25.1 Å². The van der Waals surface area contributed by atoms with Crippen molar-refractivity contribution >= 4 is 11.7 Å². The van der Waals surface area contributed by atoms with Gasteiger partial charge in [-0.25, -0.2) is 4.98 Å². The van der Waals surface area contributed by atoms with Crippen molar-refractivity contribution < 1.29 is 5.21 Å². The van der Waals surface area contributed by atoms with Gasteiger partial charge in [-0.2, -0.15) is 0 Å². The van der Waals surface area contributed by atoms with E-state index in [9.17, 15) is 0 Å². The average molecular weight is 262 g/mol. The molecule has 0 aliphatic carbocycles. The monoisotopic (exact) mass is 262 g/mol. The van der Waals surface area contributed by atoms with Crippen LogP contribution in [0.4, 0.5) is 5.82 Å². The minimum atomic E-state index is 0.0528. The fraction of sp³-hybridized carbons (Fsp3) is 0.571. The zero-order valence-corrected chi connectivity index (χ0v) is 11.6. The fourth-order valence-electron chi connectivity index (χ4n) is 2.45. The minimum Gasteiger partial charge on any atom is -0.409 e. The molecule has 3 N–H and O–H groups in total. The number of hydrogen-bond donors (Lipinski definition) is 2. The maximum absolute atomic E-state index is 8.71. The van der Waals surface area contributed by atoms with Crippen LogP contribution < -0.4 is 10.6 Å². The van der Waals surface area contributed by atoms with Crippen LogP contribution in [0.15, 0.2) is 23.4 Å². The van der Waals surface area contributed by atoms with Crippen LogP contribution in [0, 0.1) is 5.41 Å². The maximum atomic E-state index is 8.71. The van der Waals surface area contributed by atoms with Crippen molar-refractivity contribution in [1.29, 1.82) is 0 Å². The molecular formula is C14H22N4O. The van der Waals surface area contributed by atoms with Gasteiger partial charge in [-0.15, -0.1) is 0 Å². The van der Waals surface area contributed by atoms with E-state index in [2.05, 4.69) is 28.9 Å². The van der Waals surface area contributed by atoms with Gasteiger partial charge in [0.2, 0.25) is 0 Å². The molecule has 5 heteroatoms. The lowest BCUT2D eigenvalue weighted by atomic mass is 9.85. The number of rotatable bonds is 2. The van der Waals surface area contributed by atoms with Gasteiger partial charge < -0.3 is 15.8 Å². The lowest BCUT2D eigenvalue weighted by molar-refractivity contribution is 0.318. The molecular weight excluding hydrogens is 240 g/mol. The Bertz CT molecular complexity index is 470. The number of aromatic nitrogens is 1. The Balaban J connectivity index is 2.18. The van der Waals surface area contributed by atoms with Crippen LogP contribution in [0.3, 0.4) is 0 Å². The van der Waals surface area contributed by atoms with Crippen LogP contribution in [-0.4, -0.2) is 29.1 Å². The van der Waals surface area contributed by atoms with E-state index in [0.29, 0.717) is 11.1 Å². The first-order valence-electron chi connectivity index (χ1n) is 6.72. The predicted molar refractivity (Wildman–Crippen MR) is 76.6 cm³/mol. The van der Waals surface area contributed by atoms with Gasteiger partial charge >= 0.3 is 0 Å². The van der Waals surface area contributed by atoms with E-state index in [0.717, 1.165) is 25.3 Å². The molecule has 0 atom stereocenters. The second kappa shape index (κ2) is 5.47. The molecule has 1 saturated heterocycles. The topological polar surface area (TPSA) is 74.7 Å². The summed E-state index contributed by atoms with van der Waals surface area (Å²) in [6.07, 6.45) is 3.56. The van der Waals surface area contributed by atoms with E-state index >= 15 is 0 Å². The van der Waals surface area contributed by atoms with Crippen molar-refractivity contribution in [2.75, 3.05) is 18.0 Å². The Morgan fingerprint density at radius 3 is 2.89 bits per heavy atom. The van der Waals surface area contributed by atoms with E-state index in [-0.39, 0.29) is 5.84 Å². The molecule has 0 amide bonds. The molecule has 2 rings (SSSR count). The normalized spacial score (nSPS) is 20.1. The highest BCUT2D eigenvalue weighted by Crippen LogP contribution is 2.31. The van der Waals surface area contributed by atoms with E-state index in [4.69, 9.17) is 10.9 Å². The maximum Gasteiger partial charge on any atom is 0.188 e. The quantitative estimate of drug-likeness (QED) is 0.371. The highest BCUT2D eigenvalue weighted by Gasteiger charge is 2.23. The molecule has 1 aromatic heterocycles. The van der Waals surface area contributed by atoms with E-state index in [1.807, 2.05) is 12.1 Å². The van der Waals surface area contributed by atoms with Crippen molar-refractivity contribution in [1.82, 2.24) is 4.98 Å². The molecule has 2 heterocycles. The first kappa shape index (κ1) is 13.6. The number of hydrogen-bond acceptors (Lipinski definition) is 4. The minimum absolute atomic E-state index is 0.0528. The summed E-state index contributed by atoms with van der Waals surface area (Å²) >= 11 is 0. The van der Waals surface area contributed by atoms with Crippen LogP contribution in [0.2, 0.25) is 0 Å². The smallest absolute Gasteiger partial charge is 0.188 e. The zero-order valence-electron chi connectivity index (χ0n) is 11.6. The highest BCUT2D eigenvalue weighted by atomic mass is 16.4. The summed E-state index contributed by atoms with van der Waals surface area (Å²) in [5.74, 6) is 0.957. The van der Waals surface area contributed by atoms with Gasteiger partial charge in [0.05, 0.1) is 0 Å². The number of pyridine rings is 1. The number of nitrogens with two attached hydrogens (primary N) is 1. The van der Waals surface area contributed by atoms with Gasteiger partial charge in [-0.3, -0.25) is 0 Å². The highest BCUT2D eigenvalue weighted by molar-refractivity contribution is 5.95. The van der Waals surface area contributed by atoms with Crippen LogP contribution in [-0.2, 0) is 0 Å². The largest absolute Gasteiger partial charge is 0.409 e. The molecule has 0 saturated carbocycles. The molecule has 104 valence electrons. The van der Waals surface area contributed by atoms with E-state index in [1.165, 1.54) is 12.8 Å². The molecule has 5 nitrogen and oxygen atoms in total. The molecule has 19 heavy (non-hydrogen) atoms. The van der Waals surface area contributed by atoms with Gasteiger partial charge in [0.1, 0.15) is 11.5 Å². The number of nitrogens with zero attached hydrogens (tertiary/aromatic N) is 3. The van der Waals surface area contributed by atoms with Crippen molar-refractivity contribution in [2.24, 2.45) is 16.3 Å². The number of oxime groups is 1. The number of amidine groups is 1. The first-order valence-corrected chi connectivity index (χ1v) is 6.72. The average Bonchev–Trinajstić information content (AvgIpc) is 2.59. The van der Waals surface area contributed by atoms with Gasteiger partial charge in [0, 0.05) is 13.1 Å². The molecule has 1 fully saturated rings. The summed E-state index contributed by atoms with van der Waals surface area (Å²) < 4.78 is 0. The SMILES string of the molecule is CC1(C)CCCN(c2cccc(C(N)=NO)n2)CC1. The van der Waals surface area contributed by atoms with Crippen LogP contribution >= 0.6 is 0 Å². The third-order valence-electron chi connectivity index (χ3n) is 3.77. The lowest BCUT2D eigenvalue weighted by Crippen LogP contribution is -2.27. The van der Waals surface area contributed by atoms with Gasteiger partial charge in [0.15, 0.2) is 5.84 Å². The first-order chi connectivity index (χ1) is 9.02. The summed E-state index contributed by atoms with van der Waals surface area (Å²) in [6, 6.07) is 5.62. The molecule has 1 aliphatic heterocycles. The predicted octanol–water partition coefficient (Wildman–Crippen LogP) is 2.19.